The van der Waals surface area contributed by atoms with Gasteiger partial charge in [-0.1, -0.05) is 20.8 Å². The minimum Gasteiger partial charge on any atom is -0.360 e. The van der Waals surface area contributed by atoms with Crippen LogP contribution >= 0.6 is 0 Å². The number of ether oxygens (including phenoxy) is 1. The van der Waals surface area contributed by atoms with Crippen molar-refractivity contribution in [2.24, 2.45) is 17.3 Å². The van der Waals surface area contributed by atoms with E-state index in [-0.39, 0.29) is 30.4 Å². The van der Waals surface area contributed by atoms with Crippen LogP contribution in [0.4, 0.5) is 4.39 Å². The maximum atomic E-state index is 12.8. The molecule has 2 aliphatic heterocycles. The standard InChI is InChI=1S/C14H21FO2/c1-4-14(2,3)13(16)12-9-5-6-11(17-12)10(7-9)8-15/h9-11H,1,4-8H2,2-3H3. The predicted molar refractivity (Wildman–Crippen MR) is 63.7 cm³/mol. The number of alkyl halides is 1. The highest BCUT2D eigenvalue weighted by atomic mass is 19.1. The molecule has 3 rings (SSSR count). The van der Waals surface area contributed by atoms with Crippen molar-refractivity contribution in [3.63, 3.8) is 0 Å². The van der Waals surface area contributed by atoms with E-state index in [1.54, 1.807) is 0 Å². The first-order chi connectivity index (χ1) is 7.99. The molecule has 0 aromatic heterocycles. The summed E-state index contributed by atoms with van der Waals surface area (Å²) < 4.78 is 18.5. The quantitative estimate of drug-likeness (QED) is 0.754. The molecule has 3 fully saturated rings. The first kappa shape index (κ1) is 13.0. The zero-order valence-electron chi connectivity index (χ0n) is 10.7. The Morgan fingerprint density at radius 2 is 2.24 bits per heavy atom. The van der Waals surface area contributed by atoms with E-state index in [2.05, 4.69) is 6.92 Å². The van der Waals surface area contributed by atoms with Gasteiger partial charge in [0.05, 0.1) is 12.8 Å². The Morgan fingerprint density at radius 3 is 2.71 bits per heavy atom. The molecule has 3 unspecified atom stereocenters. The lowest BCUT2D eigenvalue weighted by atomic mass is 9.69. The van der Waals surface area contributed by atoms with E-state index in [9.17, 15) is 9.18 Å². The number of rotatable bonds is 4. The number of carbonyl (C=O) groups is 1. The first-order valence-corrected chi connectivity index (χ1v) is 6.43. The van der Waals surface area contributed by atoms with E-state index in [0.29, 0.717) is 12.5 Å². The van der Waals surface area contributed by atoms with E-state index in [1.807, 2.05) is 13.8 Å². The Balaban J connectivity index is 2.08. The van der Waals surface area contributed by atoms with Crippen molar-refractivity contribution in [1.82, 2.24) is 0 Å². The summed E-state index contributed by atoms with van der Waals surface area (Å²) in [5.74, 6) is 0.201. The van der Waals surface area contributed by atoms with Gasteiger partial charge in [-0.2, -0.15) is 0 Å². The Morgan fingerprint density at radius 1 is 1.53 bits per heavy atom. The number of Topliss-reactive ketones (excluding diaryl/α,β-unsaturated/α-hetero) is 1. The molecule has 1 saturated carbocycles. The van der Waals surface area contributed by atoms with E-state index < -0.39 is 5.41 Å². The van der Waals surface area contributed by atoms with Crippen molar-refractivity contribution >= 4 is 5.78 Å². The second kappa shape index (κ2) is 4.68. The lowest BCUT2D eigenvalue weighted by Gasteiger charge is -2.46. The van der Waals surface area contributed by atoms with Gasteiger partial charge in [0.15, 0.2) is 11.9 Å². The van der Waals surface area contributed by atoms with Gasteiger partial charge >= 0.3 is 0 Å². The van der Waals surface area contributed by atoms with Gasteiger partial charge in [0.2, 0.25) is 0 Å². The molecule has 17 heavy (non-hydrogen) atoms. The summed E-state index contributed by atoms with van der Waals surface area (Å²) in [6.07, 6.45) is 3.71. The summed E-state index contributed by atoms with van der Waals surface area (Å²) in [6, 6.07) is 0. The molecule has 96 valence electrons. The fraction of sp³-hybridized carbons (Fsp3) is 0.786. The average molecular weight is 240 g/mol. The third-order valence-electron chi connectivity index (χ3n) is 4.22. The normalized spacial score (nSPS) is 34.0. The van der Waals surface area contributed by atoms with Gasteiger partial charge in [-0.3, -0.25) is 9.18 Å². The second-order valence-corrected chi connectivity index (χ2v) is 5.91. The lowest BCUT2D eigenvalue weighted by molar-refractivity contribution is -0.151. The van der Waals surface area contributed by atoms with Crippen molar-refractivity contribution < 1.29 is 13.9 Å². The largest absolute Gasteiger partial charge is 0.360 e. The molecule has 2 nitrogen and oxygen atoms in total. The highest BCUT2D eigenvalue weighted by molar-refractivity contribution is 5.95. The fourth-order valence-electron chi connectivity index (χ4n) is 2.74. The summed E-state index contributed by atoms with van der Waals surface area (Å²) in [5, 5.41) is 0. The molecule has 2 heterocycles. The van der Waals surface area contributed by atoms with Crippen molar-refractivity contribution in [3.8, 4) is 0 Å². The smallest absolute Gasteiger partial charge is 0.173 e. The average Bonchev–Trinajstić information content (AvgIpc) is 2.38. The van der Waals surface area contributed by atoms with Crippen LogP contribution in [0.5, 0.6) is 0 Å². The lowest BCUT2D eigenvalue weighted by Crippen LogP contribution is -2.48. The number of hydrogen-bond acceptors (Lipinski definition) is 2. The van der Waals surface area contributed by atoms with Crippen LogP contribution in [0.25, 0.3) is 0 Å². The van der Waals surface area contributed by atoms with Gasteiger partial charge in [0.1, 0.15) is 0 Å². The molecule has 0 aromatic carbocycles. The number of fused-ring (bicyclic) bond motifs is 3. The van der Waals surface area contributed by atoms with Gasteiger partial charge < -0.3 is 4.74 Å². The topological polar surface area (TPSA) is 26.3 Å². The van der Waals surface area contributed by atoms with E-state index in [4.69, 9.17) is 4.74 Å². The van der Waals surface area contributed by atoms with Crippen LogP contribution < -0.4 is 0 Å². The first-order valence-electron chi connectivity index (χ1n) is 6.43. The molecule has 2 radical (unpaired) electrons. The Labute approximate surface area is 103 Å². The monoisotopic (exact) mass is 240 g/mol. The van der Waals surface area contributed by atoms with Crippen LogP contribution in [0.1, 0.15) is 39.5 Å². The molecule has 0 amide bonds. The molecule has 3 aliphatic rings. The van der Waals surface area contributed by atoms with Gasteiger partial charge in [-0.25, -0.2) is 0 Å². The van der Waals surface area contributed by atoms with E-state index in [1.165, 1.54) is 0 Å². The van der Waals surface area contributed by atoms with Crippen LogP contribution in [0.2, 0.25) is 0 Å². The van der Waals surface area contributed by atoms with Gasteiger partial charge in [-0.05, 0) is 31.6 Å². The number of carbonyl (C=O) groups excluding carboxylic acids is 1. The van der Waals surface area contributed by atoms with Crippen molar-refractivity contribution in [1.29, 1.82) is 0 Å². The highest BCUT2D eigenvalue weighted by Gasteiger charge is 2.49. The molecular weight excluding hydrogens is 219 g/mol. The summed E-state index contributed by atoms with van der Waals surface area (Å²) in [5.41, 5.74) is -0.460. The zero-order valence-corrected chi connectivity index (χ0v) is 10.7. The van der Waals surface area contributed by atoms with Gasteiger partial charge in [0, 0.05) is 11.3 Å². The maximum absolute atomic E-state index is 12.8. The van der Waals surface area contributed by atoms with Crippen molar-refractivity contribution in [3.05, 3.63) is 13.0 Å². The predicted octanol–water partition coefficient (Wildman–Crippen LogP) is 3.12. The number of halogens is 1. The summed E-state index contributed by atoms with van der Waals surface area (Å²) in [7, 11) is 0. The van der Waals surface area contributed by atoms with Crippen LogP contribution in [0.3, 0.4) is 0 Å². The Hall–Kier alpha value is -0.440. The molecule has 0 N–H and O–H groups in total. The maximum Gasteiger partial charge on any atom is 0.173 e. The van der Waals surface area contributed by atoms with Gasteiger partial charge in [-0.15, -0.1) is 0 Å². The van der Waals surface area contributed by atoms with Crippen LogP contribution in [-0.2, 0) is 9.53 Å². The zero-order chi connectivity index (χ0) is 12.6. The van der Waals surface area contributed by atoms with Crippen molar-refractivity contribution in [2.75, 3.05) is 6.67 Å². The molecular formula is C14H21FO2. The molecule has 2 saturated heterocycles. The number of hydrogen-bond donors (Lipinski definition) is 0. The van der Waals surface area contributed by atoms with Crippen LogP contribution in [0, 0.1) is 30.3 Å². The third-order valence-corrected chi connectivity index (χ3v) is 4.22. The summed E-state index contributed by atoms with van der Waals surface area (Å²) in [4.78, 5) is 12.3. The van der Waals surface area contributed by atoms with Crippen LogP contribution in [-0.4, -0.2) is 18.6 Å². The summed E-state index contributed by atoms with van der Waals surface area (Å²) in [6.45, 7) is 7.28. The van der Waals surface area contributed by atoms with Crippen molar-refractivity contribution in [2.45, 2.75) is 45.6 Å². The summed E-state index contributed by atoms with van der Waals surface area (Å²) >= 11 is 0. The number of ketones is 1. The molecule has 0 spiro atoms. The molecule has 0 aromatic rings. The molecule has 2 bridgehead atoms. The third kappa shape index (κ3) is 2.26. The molecule has 3 atom stereocenters. The van der Waals surface area contributed by atoms with E-state index in [0.717, 1.165) is 19.3 Å². The van der Waals surface area contributed by atoms with Crippen LogP contribution in [0.15, 0.2) is 0 Å². The minimum atomic E-state index is -0.460. The van der Waals surface area contributed by atoms with Gasteiger partial charge in [0.25, 0.3) is 0 Å². The second-order valence-electron chi connectivity index (χ2n) is 5.91. The Bertz CT molecular complexity index is 301. The van der Waals surface area contributed by atoms with E-state index >= 15 is 0 Å². The SMILES string of the molecule is [CH2]CC(C)(C)C(=O)[C]1OC2CCC1CC2CF. The molecule has 1 aliphatic carbocycles. The fourth-order valence-corrected chi connectivity index (χ4v) is 2.74. The minimum absolute atomic E-state index is 0.00633. The molecule has 3 heteroatoms. The highest BCUT2D eigenvalue weighted by Crippen LogP contribution is 2.47. The Kier molecular flexibility index (Phi) is 3.58.